The van der Waals surface area contributed by atoms with E-state index in [9.17, 15) is 13.2 Å². The number of hydrogen-bond donors (Lipinski definition) is 0. The molecule has 1 aromatic carbocycles. The maximum Gasteiger partial charge on any atom is 0.176 e. The van der Waals surface area contributed by atoms with Gasteiger partial charge in [-0.3, -0.25) is 9.69 Å². The summed E-state index contributed by atoms with van der Waals surface area (Å²) in [5.74, 6) is 0.219. The molecule has 1 heterocycles. The molecule has 0 radical (unpaired) electrons. The molecule has 20 heavy (non-hydrogen) atoms. The smallest absolute Gasteiger partial charge is 0.176 e. The highest BCUT2D eigenvalue weighted by molar-refractivity contribution is 7.91. The van der Waals surface area contributed by atoms with Crippen molar-refractivity contribution in [1.29, 1.82) is 0 Å². The second kappa shape index (κ2) is 6.02. The van der Waals surface area contributed by atoms with Gasteiger partial charge in [-0.2, -0.15) is 0 Å². The Hall–Kier alpha value is -0.620. The van der Waals surface area contributed by atoms with Crippen molar-refractivity contribution in [3.63, 3.8) is 0 Å². The van der Waals surface area contributed by atoms with Gasteiger partial charge in [0.15, 0.2) is 15.6 Å². The van der Waals surface area contributed by atoms with Crippen molar-refractivity contribution in [2.24, 2.45) is 0 Å². The second-order valence-corrected chi connectivity index (χ2v) is 8.07. The number of ketones is 1. The third kappa shape index (κ3) is 3.73. The summed E-state index contributed by atoms with van der Waals surface area (Å²) in [6, 6.07) is 4.64. The number of hydrogen-bond acceptors (Lipinski definition) is 4. The Kier molecular flexibility index (Phi) is 4.74. The zero-order valence-corrected chi connectivity index (χ0v) is 13.3. The summed E-state index contributed by atoms with van der Waals surface area (Å²) in [7, 11) is -1.18. The first-order chi connectivity index (χ1) is 9.28. The summed E-state index contributed by atoms with van der Waals surface area (Å²) in [6.07, 6.45) is 0.577. The quantitative estimate of drug-likeness (QED) is 0.792. The van der Waals surface area contributed by atoms with Crippen LogP contribution in [-0.4, -0.2) is 50.2 Å². The number of halogens is 2. The SMILES string of the molecule is CN(CC(=O)c1ccc(Cl)c(Cl)c1)C1CCS(=O)(=O)C1. The van der Waals surface area contributed by atoms with Crippen molar-refractivity contribution in [2.75, 3.05) is 25.1 Å². The molecule has 1 aliphatic rings. The molecule has 1 unspecified atom stereocenters. The first kappa shape index (κ1) is 15.8. The van der Waals surface area contributed by atoms with E-state index in [0.29, 0.717) is 22.0 Å². The molecule has 0 amide bonds. The van der Waals surface area contributed by atoms with Crippen LogP contribution in [0.3, 0.4) is 0 Å². The van der Waals surface area contributed by atoms with Gasteiger partial charge in [-0.05, 0) is 31.7 Å². The van der Waals surface area contributed by atoms with Crippen LogP contribution in [-0.2, 0) is 9.84 Å². The van der Waals surface area contributed by atoms with Gasteiger partial charge >= 0.3 is 0 Å². The number of likely N-dealkylation sites (N-methyl/N-ethyl adjacent to an activating group) is 1. The molecule has 1 aromatic rings. The number of nitrogens with zero attached hydrogens (tertiary/aromatic N) is 1. The van der Waals surface area contributed by atoms with Crippen molar-refractivity contribution in [2.45, 2.75) is 12.5 Å². The number of carbonyl (C=O) groups excluding carboxylic acids is 1. The molecule has 0 N–H and O–H groups in total. The van der Waals surface area contributed by atoms with Gasteiger partial charge in [-0.1, -0.05) is 23.2 Å². The zero-order chi connectivity index (χ0) is 14.9. The monoisotopic (exact) mass is 335 g/mol. The van der Waals surface area contributed by atoms with Gasteiger partial charge in [0.2, 0.25) is 0 Å². The Morgan fingerprint density at radius 2 is 2.05 bits per heavy atom. The highest BCUT2D eigenvalue weighted by Crippen LogP contribution is 2.23. The van der Waals surface area contributed by atoms with E-state index in [1.165, 1.54) is 6.07 Å². The van der Waals surface area contributed by atoms with Gasteiger partial charge in [0, 0.05) is 11.6 Å². The highest BCUT2D eigenvalue weighted by atomic mass is 35.5. The van der Waals surface area contributed by atoms with Crippen LogP contribution in [0.2, 0.25) is 10.0 Å². The molecule has 1 atom stereocenters. The van der Waals surface area contributed by atoms with Gasteiger partial charge in [0.25, 0.3) is 0 Å². The standard InChI is InChI=1S/C13H15Cl2NO3S/c1-16(10-4-5-20(18,19)8-10)7-13(17)9-2-3-11(14)12(15)6-9/h2-3,6,10H,4-5,7-8H2,1H3. The third-order valence-corrected chi connectivity index (χ3v) is 5.96. The largest absolute Gasteiger partial charge is 0.295 e. The predicted octanol–water partition coefficient (Wildman–Crippen LogP) is 2.29. The van der Waals surface area contributed by atoms with Crippen molar-refractivity contribution in [3.8, 4) is 0 Å². The maximum absolute atomic E-state index is 12.1. The topological polar surface area (TPSA) is 54.5 Å². The van der Waals surface area contributed by atoms with Crippen molar-refractivity contribution < 1.29 is 13.2 Å². The molecule has 0 spiro atoms. The minimum Gasteiger partial charge on any atom is -0.295 e. The summed E-state index contributed by atoms with van der Waals surface area (Å²) in [6.45, 7) is 0.165. The third-order valence-electron chi connectivity index (χ3n) is 3.47. The molecular formula is C13H15Cl2NO3S. The van der Waals surface area contributed by atoms with Gasteiger partial charge in [0.1, 0.15) is 0 Å². The van der Waals surface area contributed by atoms with Gasteiger partial charge in [0.05, 0.1) is 28.1 Å². The lowest BCUT2D eigenvalue weighted by Gasteiger charge is -2.22. The number of Topliss-reactive ketones (excluding diaryl/α,β-unsaturated/α-hetero) is 1. The van der Waals surface area contributed by atoms with E-state index in [4.69, 9.17) is 23.2 Å². The van der Waals surface area contributed by atoms with Gasteiger partial charge in [-0.25, -0.2) is 8.42 Å². The van der Waals surface area contributed by atoms with E-state index in [0.717, 1.165) is 0 Å². The van der Waals surface area contributed by atoms with Crippen LogP contribution in [0, 0.1) is 0 Å². The van der Waals surface area contributed by atoms with E-state index in [1.807, 2.05) is 0 Å². The van der Waals surface area contributed by atoms with E-state index in [1.54, 1.807) is 24.1 Å². The van der Waals surface area contributed by atoms with Gasteiger partial charge < -0.3 is 0 Å². The Bertz CT molecular complexity index is 631. The summed E-state index contributed by atoms with van der Waals surface area (Å²) in [5.41, 5.74) is 0.479. The summed E-state index contributed by atoms with van der Waals surface area (Å²) >= 11 is 11.7. The van der Waals surface area contributed by atoms with E-state index in [-0.39, 0.29) is 29.9 Å². The first-order valence-corrected chi connectivity index (χ1v) is 8.75. The number of benzene rings is 1. The Morgan fingerprint density at radius 1 is 1.35 bits per heavy atom. The normalized spacial score (nSPS) is 21.3. The fourth-order valence-electron chi connectivity index (χ4n) is 2.24. The minimum atomic E-state index is -2.94. The molecule has 0 saturated carbocycles. The fraction of sp³-hybridized carbons (Fsp3) is 0.462. The zero-order valence-electron chi connectivity index (χ0n) is 11.0. The molecule has 2 rings (SSSR count). The number of sulfone groups is 1. The van der Waals surface area contributed by atoms with Crippen molar-refractivity contribution >= 4 is 38.8 Å². The molecular weight excluding hydrogens is 321 g/mol. The summed E-state index contributed by atoms with van der Waals surface area (Å²) in [5, 5.41) is 0.738. The lowest BCUT2D eigenvalue weighted by molar-refractivity contribution is 0.0926. The molecule has 1 aliphatic heterocycles. The molecule has 1 fully saturated rings. The van der Waals surface area contributed by atoms with Crippen LogP contribution in [0.5, 0.6) is 0 Å². The maximum atomic E-state index is 12.1. The second-order valence-electron chi connectivity index (χ2n) is 5.02. The molecule has 0 aromatic heterocycles. The lowest BCUT2D eigenvalue weighted by atomic mass is 10.1. The summed E-state index contributed by atoms with van der Waals surface area (Å²) < 4.78 is 22.9. The van der Waals surface area contributed by atoms with Crippen LogP contribution in [0.15, 0.2) is 18.2 Å². The molecule has 1 saturated heterocycles. The molecule has 0 bridgehead atoms. The van der Waals surface area contributed by atoms with Crippen LogP contribution < -0.4 is 0 Å². The first-order valence-electron chi connectivity index (χ1n) is 6.17. The average Bonchev–Trinajstić information content (AvgIpc) is 2.73. The molecule has 4 nitrogen and oxygen atoms in total. The Morgan fingerprint density at radius 3 is 2.60 bits per heavy atom. The van der Waals surface area contributed by atoms with Crippen LogP contribution in [0.1, 0.15) is 16.8 Å². The van der Waals surface area contributed by atoms with Crippen LogP contribution in [0.25, 0.3) is 0 Å². The lowest BCUT2D eigenvalue weighted by Crippen LogP contribution is -2.36. The molecule has 110 valence electrons. The number of rotatable bonds is 4. The Labute approximate surface area is 128 Å². The van der Waals surface area contributed by atoms with Crippen LogP contribution >= 0.6 is 23.2 Å². The van der Waals surface area contributed by atoms with E-state index >= 15 is 0 Å². The fourth-order valence-corrected chi connectivity index (χ4v) is 4.34. The number of carbonyl (C=O) groups is 1. The van der Waals surface area contributed by atoms with Gasteiger partial charge in [-0.15, -0.1) is 0 Å². The Balaban J connectivity index is 2.02. The van der Waals surface area contributed by atoms with Crippen molar-refractivity contribution in [3.05, 3.63) is 33.8 Å². The molecule has 7 heteroatoms. The predicted molar refractivity (Wildman–Crippen MR) is 80.5 cm³/mol. The minimum absolute atomic E-state index is 0.0910. The van der Waals surface area contributed by atoms with E-state index in [2.05, 4.69) is 0 Å². The highest BCUT2D eigenvalue weighted by Gasteiger charge is 2.31. The van der Waals surface area contributed by atoms with Crippen LogP contribution in [0.4, 0.5) is 0 Å². The average molecular weight is 336 g/mol. The summed E-state index contributed by atoms with van der Waals surface area (Å²) in [4.78, 5) is 13.9. The molecule has 0 aliphatic carbocycles. The van der Waals surface area contributed by atoms with E-state index < -0.39 is 9.84 Å². The van der Waals surface area contributed by atoms with Crippen molar-refractivity contribution in [1.82, 2.24) is 4.90 Å².